The molecule has 0 unspecified atom stereocenters. The topological polar surface area (TPSA) is 119 Å². The fraction of sp³-hybridized carbons (Fsp3) is 0.484. The predicted molar refractivity (Wildman–Crippen MR) is 146 cm³/mol. The fourth-order valence-corrected chi connectivity index (χ4v) is 6.11. The molecular formula is C31H35NO8. The molecule has 2 aliphatic heterocycles. The van der Waals surface area contributed by atoms with Crippen molar-refractivity contribution in [3.63, 3.8) is 0 Å². The van der Waals surface area contributed by atoms with E-state index in [1.54, 1.807) is 32.9 Å². The van der Waals surface area contributed by atoms with Gasteiger partial charge in [0.1, 0.15) is 18.0 Å². The molecule has 2 atom stereocenters. The van der Waals surface area contributed by atoms with Crippen LogP contribution in [0.1, 0.15) is 78.3 Å². The van der Waals surface area contributed by atoms with Crippen LogP contribution in [-0.2, 0) is 27.3 Å². The van der Waals surface area contributed by atoms with E-state index in [1.807, 2.05) is 18.2 Å². The number of hydrogen-bond acceptors (Lipinski definition) is 7. The quantitative estimate of drug-likeness (QED) is 0.497. The van der Waals surface area contributed by atoms with E-state index in [0.29, 0.717) is 17.7 Å². The lowest BCUT2D eigenvalue weighted by molar-refractivity contribution is -0.149. The number of carboxylic acids is 1. The molecule has 212 valence electrons. The molecule has 0 saturated carbocycles. The van der Waals surface area contributed by atoms with E-state index in [9.17, 15) is 24.3 Å². The fourth-order valence-electron chi connectivity index (χ4n) is 6.11. The molecular weight excluding hydrogens is 514 g/mol. The molecule has 1 fully saturated rings. The summed E-state index contributed by atoms with van der Waals surface area (Å²) in [4.78, 5) is 53.1. The highest BCUT2D eigenvalue weighted by atomic mass is 16.6. The zero-order chi connectivity index (χ0) is 28.8. The third-order valence-corrected chi connectivity index (χ3v) is 7.91. The Kier molecular flexibility index (Phi) is 7.20. The number of ether oxygens (including phenoxy) is 3. The van der Waals surface area contributed by atoms with E-state index in [1.165, 1.54) is 12.0 Å². The first-order valence-corrected chi connectivity index (χ1v) is 13.6. The zero-order valence-electron chi connectivity index (χ0n) is 23.4. The molecule has 40 heavy (non-hydrogen) atoms. The first-order valence-electron chi connectivity index (χ1n) is 13.6. The normalized spacial score (nSPS) is 21.6. The number of methoxy groups -OCH3 is 1. The number of Topliss-reactive ketones (excluding diaryl/α,β-unsaturated/α-hetero) is 2. The molecule has 1 amide bonds. The third kappa shape index (κ3) is 5.10. The van der Waals surface area contributed by atoms with Gasteiger partial charge in [-0.1, -0.05) is 12.1 Å². The number of ketones is 2. The Hall–Kier alpha value is -3.72. The standard InChI is InChI=1S/C31H35NO8/c1-30(2,3)40-29(37)32-15-18(16-38-4)13-31(32,28(35)36)14-26(34)20-8-9-22-21(10-20)17-39-27-12-23-19(11-24(22)27)6-5-7-25(23)33/h8-12,18H,5-7,13-17H2,1-4H3,(H,35,36)/t18-,31-/m0/s1. The van der Waals surface area contributed by atoms with Gasteiger partial charge < -0.3 is 19.3 Å². The van der Waals surface area contributed by atoms with Crippen molar-refractivity contribution < 1.29 is 38.5 Å². The molecule has 0 aromatic heterocycles. The summed E-state index contributed by atoms with van der Waals surface area (Å²) in [6.45, 7) is 5.73. The van der Waals surface area contributed by atoms with Crippen molar-refractivity contribution in [2.24, 2.45) is 5.92 Å². The molecule has 1 aliphatic carbocycles. The van der Waals surface area contributed by atoms with Crippen LogP contribution in [0.4, 0.5) is 4.79 Å². The minimum atomic E-state index is -1.76. The number of amides is 1. The van der Waals surface area contributed by atoms with Crippen LogP contribution in [0.5, 0.6) is 5.75 Å². The van der Waals surface area contributed by atoms with Crippen LogP contribution >= 0.6 is 0 Å². The van der Waals surface area contributed by atoms with Gasteiger partial charge in [0.25, 0.3) is 0 Å². The first kappa shape index (κ1) is 27.8. The number of aliphatic carboxylic acids is 1. The van der Waals surface area contributed by atoms with Crippen LogP contribution in [0.2, 0.25) is 0 Å². The van der Waals surface area contributed by atoms with Gasteiger partial charge in [0.05, 0.1) is 6.61 Å². The molecule has 0 radical (unpaired) electrons. The van der Waals surface area contributed by atoms with Gasteiger partial charge in [0, 0.05) is 49.1 Å². The SMILES string of the molecule is COC[C@@H]1CN(C(=O)OC(C)(C)C)[C@@](CC(=O)c2ccc3c(c2)COc2cc4c(cc2-3)CCCC4=O)(C(=O)O)C1. The average molecular weight is 550 g/mol. The highest BCUT2D eigenvalue weighted by Crippen LogP contribution is 2.42. The van der Waals surface area contributed by atoms with Crippen molar-refractivity contribution in [3.05, 3.63) is 52.6 Å². The van der Waals surface area contributed by atoms with E-state index in [4.69, 9.17) is 14.2 Å². The van der Waals surface area contributed by atoms with Crippen molar-refractivity contribution in [2.75, 3.05) is 20.3 Å². The maximum absolute atomic E-state index is 13.6. The van der Waals surface area contributed by atoms with Gasteiger partial charge in [-0.05, 0) is 74.9 Å². The Bertz CT molecular complexity index is 1390. The smallest absolute Gasteiger partial charge is 0.411 e. The Morgan fingerprint density at radius 1 is 1.07 bits per heavy atom. The average Bonchev–Trinajstić information content (AvgIpc) is 3.26. The minimum Gasteiger partial charge on any atom is -0.488 e. The number of benzene rings is 2. The minimum absolute atomic E-state index is 0.0758. The van der Waals surface area contributed by atoms with Gasteiger partial charge in [-0.2, -0.15) is 0 Å². The van der Waals surface area contributed by atoms with Gasteiger partial charge in [-0.3, -0.25) is 14.5 Å². The van der Waals surface area contributed by atoms with Crippen molar-refractivity contribution in [1.82, 2.24) is 4.90 Å². The summed E-state index contributed by atoms with van der Waals surface area (Å²) in [5.41, 5.74) is 2.09. The lowest BCUT2D eigenvalue weighted by Crippen LogP contribution is -2.55. The number of rotatable bonds is 6. The summed E-state index contributed by atoms with van der Waals surface area (Å²) in [7, 11) is 1.52. The summed E-state index contributed by atoms with van der Waals surface area (Å²) in [6, 6.07) is 9.11. The number of hydrogen-bond donors (Lipinski definition) is 1. The second-order valence-corrected chi connectivity index (χ2v) is 12.0. The molecule has 2 aromatic rings. The number of carbonyl (C=O) groups excluding carboxylic acids is 3. The molecule has 9 nitrogen and oxygen atoms in total. The summed E-state index contributed by atoms with van der Waals surface area (Å²) < 4.78 is 16.8. The Labute approximate surface area is 233 Å². The summed E-state index contributed by atoms with van der Waals surface area (Å²) in [6.07, 6.45) is 1.11. The Morgan fingerprint density at radius 3 is 2.55 bits per heavy atom. The third-order valence-electron chi connectivity index (χ3n) is 7.91. The van der Waals surface area contributed by atoms with Crippen molar-refractivity contribution in [2.45, 2.75) is 70.6 Å². The number of aryl methyl sites for hydroxylation is 1. The number of nitrogens with zero attached hydrogens (tertiary/aromatic N) is 1. The van der Waals surface area contributed by atoms with Crippen LogP contribution in [0.3, 0.4) is 0 Å². The number of likely N-dealkylation sites (tertiary alicyclic amines) is 1. The second kappa shape index (κ2) is 10.4. The molecule has 3 aliphatic rings. The van der Waals surface area contributed by atoms with Gasteiger partial charge in [0.2, 0.25) is 0 Å². The summed E-state index contributed by atoms with van der Waals surface area (Å²) in [5.74, 6) is -1.12. The van der Waals surface area contributed by atoms with Crippen molar-refractivity contribution >= 4 is 23.6 Å². The van der Waals surface area contributed by atoms with Crippen LogP contribution in [0, 0.1) is 5.92 Å². The molecule has 1 saturated heterocycles. The summed E-state index contributed by atoms with van der Waals surface area (Å²) in [5, 5.41) is 10.4. The molecule has 1 N–H and O–H groups in total. The predicted octanol–water partition coefficient (Wildman–Crippen LogP) is 5.06. The van der Waals surface area contributed by atoms with Crippen LogP contribution in [0.15, 0.2) is 30.3 Å². The van der Waals surface area contributed by atoms with Crippen LogP contribution < -0.4 is 4.74 Å². The van der Waals surface area contributed by atoms with Gasteiger partial charge >= 0.3 is 12.1 Å². The van der Waals surface area contributed by atoms with Gasteiger partial charge in [0.15, 0.2) is 17.1 Å². The van der Waals surface area contributed by atoms with Gasteiger partial charge in [-0.25, -0.2) is 9.59 Å². The van der Waals surface area contributed by atoms with E-state index in [-0.39, 0.29) is 37.9 Å². The lowest BCUT2D eigenvalue weighted by Gasteiger charge is -2.35. The first-order chi connectivity index (χ1) is 18.9. The van der Waals surface area contributed by atoms with Gasteiger partial charge in [-0.15, -0.1) is 0 Å². The maximum Gasteiger partial charge on any atom is 0.411 e. The van der Waals surface area contributed by atoms with E-state index in [0.717, 1.165) is 40.7 Å². The van der Waals surface area contributed by atoms with E-state index < -0.39 is 35.4 Å². The summed E-state index contributed by atoms with van der Waals surface area (Å²) >= 11 is 0. The zero-order valence-corrected chi connectivity index (χ0v) is 23.4. The molecule has 9 heteroatoms. The largest absolute Gasteiger partial charge is 0.488 e. The molecule has 5 rings (SSSR count). The maximum atomic E-state index is 13.6. The lowest BCUT2D eigenvalue weighted by atomic mass is 9.84. The van der Waals surface area contributed by atoms with Crippen LogP contribution in [-0.4, -0.2) is 65.0 Å². The number of fused-ring (bicyclic) bond motifs is 4. The highest BCUT2D eigenvalue weighted by molar-refractivity contribution is 6.02. The van der Waals surface area contributed by atoms with Crippen molar-refractivity contribution in [3.8, 4) is 16.9 Å². The van der Waals surface area contributed by atoms with E-state index in [2.05, 4.69) is 0 Å². The molecule has 2 aromatic carbocycles. The Morgan fingerprint density at radius 2 is 1.85 bits per heavy atom. The Balaban J connectivity index is 1.44. The molecule has 2 heterocycles. The second-order valence-electron chi connectivity index (χ2n) is 12.0. The van der Waals surface area contributed by atoms with E-state index >= 15 is 0 Å². The van der Waals surface area contributed by atoms with Crippen molar-refractivity contribution in [1.29, 1.82) is 0 Å². The highest BCUT2D eigenvalue weighted by Gasteiger charge is 2.55. The van der Waals surface area contributed by atoms with Crippen LogP contribution in [0.25, 0.3) is 11.1 Å². The molecule has 0 spiro atoms. The monoisotopic (exact) mass is 549 g/mol. The number of carboxylic acid groups (broad SMARTS) is 1. The molecule has 0 bridgehead atoms. The number of carbonyl (C=O) groups is 4.